The van der Waals surface area contributed by atoms with Crippen LogP contribution in [-0.2, 0) is 4.74 Å². The first-order valence-electron chi connectivity index (χ1n) is 9.07. The summed E-state index contributed by atoms with van der Waals surface area (Å²) in [7, 11) is 0. The lowest BCUT2D eigenvalue weighted by Crippen LogP contribution is -2.33. The van der Waals surface area contributed by atoms with E-state index in [1.54, 1.807) is 0 Å². The zero-order chi connectivity index (χ0) is 15.0. The molecule has 1 aromatic carbocycles. The van der Waals surface area contributed by atoms with Crippen molar-refractivity contribution < 1.29 is 4.74 Å². The Morgan fingerprint density at radius 2 is 1.86 bits per heavy atom. The summed E-state index contributed by atoms with van der Waals surface area (Å²) in [5, 5.41) is 3.70. The average molecular weight is 302 g/mol. The third kappa shape index (κ3) is 4.72. The molecule has 3 rings (SSSR count). The van der Waals surface area contributed by atoms with E-state index in [2.05, 4.69) is 40.5 Å². The third-order valence-corrected chi connectivity index (χ3v) is 4.97. The highest BCUT2D eigenvalue weighted by Crippen LogP contribution is 2.21. The molecule has 0 amide bonds. The first-order chi connectivity index (χ1) is 10.9. The first kappa shape index (κ1) is 15.8. The maximum absolute atomic E-state index is 5.99. The fraction of sp³-hybridized carbons (Fsp3) is 0.684. The van der Waals surface area contributed by atoms with Crippen molar-refractivity contribution in [1.29, 1.82) is 0 Å². The van der Waals surface area contributed by atoms with Crippen LogP contribution in [0.25, 0.3) is 0 Å². The molecule has 0 aromatic heterocycles. The monoisotopic (exact) mass is 302 g/mol. The second-order valence-corrected chi connectivity index (χ2v) is 6.71. The smallest absolute Gasteiger partial charge is 0.0575 e. The van der Waals surface area contributed by atoms with Gasteiger partial charge in [0.05, 0.1) is 6.10 Å². The lowest BCUT2D eigenvalue weighted by Gasteiger charge is -2.22. The molecule has 22 heavy (non-hydrogen) atoms. The van der Waals surface area contributed by atoms with Crippen molar-refractivity contribution in [3.8, 4) is 0 Å². The van der Waals surface area contributed by atoms with E-state index in [1.807, 2.05) is 0 Å². The molecule has 1 saturated carbocycles. The highest BCUT2D eigenvalue weighted by Gasteiger charge is 2.21. The fourth-order valence-electron chi connectivity index (χ4n) is 3.66. The van der Waals surface area contributed by atoms with Crippen molar-refractivity contribution in [1.82, 2.24) is 5.32 Å². The standard InChI is InChI=1S/C19H30N2O/c1-3-8-18(9-4-1)21-14-12-17(16-21)20-13-7-15-22-19-10-5-2-6-11-19/h1,3-4,8-9,17,19-20H,2,5-7,10-16H2. The molecule has 3 heteroatoms. The van der Waals surface area contributed by atoms with Crippen molar-refractivity contribution in [3.63, 3.8) is 0 Å². The van der Waals surface area contributed by atoms with Gasteiger partial charge >= 0.3 is 0 Å². The molecule has 1 atom stereocenters. The molecule has 1 aliphatic heterocycles. The molecule has 1 N–H and O–H groups in total. The molecule has 1 saturated heterocycles. The maximum atomic E-state index is 5.99. The van der Waals surface area contributed by atoms with E-state index >= 15 is 0 Å². The van der Waals surface area contributed by atoms with Gasteiger partial charge in [0, 0.05) is 31.4 Å². The molecule has 2 aliphatic rings. The number of hydrogen-bond acceptors (Lipinski definition) is 3. The van der Waals surface area contributed by atoms with E-state index in [1.165, 1.54) is 50.8 Å². The quantitative estimate of drug-likeness (QED) is 0.779. The van der Waals surface area contributed by atoms with Crippen LogP contribution in [0.3, 0.4) is 0 Å². The fourth-order valence-corrected chi connectivity index (χ4v) is 3.66. The predicted molar refractivity (Wildman–Crippen MR) is 92.5 cm³/mol. The normalized spacial score (nSPS) is 23.1. The summed E-state index contributed by atoms with van der Waals surface area (Å²) < 4.78 is 5.99. The van der Waals surface area contributed by atoms with Gasteiger partial charge in [0.2, 0.25) is 0 Å². The molecule has 1 heterocycles. The molecular formula is C19H30N2O. The largest absolute Gasteiger partial charge is 0.378 e. The number of anilines is 1. The highest BCUT2D eigenvalue weighted by molar-refractivity contribution is 5.47. The van der Waals surface area contributed by atoms with Crippen molar-refractivity contribution in [2.75, 3.05) is 31.1 Å². The molecule has 2 fully saturated rings. The summed E-state index contributed by atoms with van der Waals surface area (Å²) in [6.07, 6.45) is 9.62. The molecule has 1 aromatic rings. The van der Waals surface area contributed by atoms with Crippen LogP contribution in [0.15, 0.2) is 30.3 Å². The minimum Gasteiger partial charge on any atom is -0.378 e. The molecular weight excluding hydrogens is 272 g/mol. The van der Waals surface area contributed by atoms with E-state index < -0.39 is 0 Å². The second-order valence-electron chi connectivity index (χ2n) is 6.71. The maximum Gasteiger partial charge on any atom is 0.0575 e. The minimum absolute atomic E-state index is 0.550. The average Bonchev–Trinajstić information content (AvgIpc) is 3.05. The van der Waals surface area contributed by atoms with Crippen LogP contribution in [0.5, 0.6) is 0 Å². The molecule has 0 bridgehead atoms. The summed E-state index contributed by atoms with van der Waals surface area (Å²) in [5.41, 5.74) is 1.35. The van der Waals surface area contributed by atoms with E-state index in [-0.39, 0.29) is 0 Å². The van der Waals surface area contributed by atoms with Crippen molar-refractivity contribution >= 4 is 5.69 Å². The summed E-state index contributed by atoms with van der Waals surface area (Å²) in [4.78, 5) is 2.48. The van der Waals surface area contributed by atoms with Gasteiger partial charge in [-0.15, -0.1) is 0 Å². The Kier molecular flexibility index (Phi) is 6.14. The predicted octanol–water partition coefficient (Wildman–Crippen LogP) is 3.59. The second kappa shape index (κ2) is 8.54. The number of hydrogen-bond donors (Lipinski definition) is 1. The number of rotatable bonds is 7. The van der Waals surface area contributed by atoms with Crippen LogP contribution < -0.4 is 10.2 Å². The van der Waals surface area contributed by atoms with E-state index in [0.29, 0.717) is 12.1 Å². The molecule has 1 aliphatic carbocycles. The Labute approximate surface area is 135 Å². The summed E-state index contributed by atoms with van der Waals surface area (Å²) in [6, 6.07) is 11.4. The molecule has 0 spiro atoms. The van der Waals surface area contributed by atoms with Gasteiger partial charge in [-0.3, -0.25) is 0 Å². The Hall–Kier alpha value is -1.06. The third-order valence-electron chi connectivity index (χ3n) is 4.97. The molecule has 0 radical (unpaired) electrons. The molecule has 1 unspecified atom stereocenters. The first-order valence-corrected chi connectivity index (χ1v) is 9.07. The van der Waals surface area contributed by atoms with Gasteiger partial charge in [0.15, 0.2) is 0 Å². The number of nitrogens with zero attached hydrogens (tertiary/aromatic N) is 1. The summed E-state index contributed by atoms with van der Waals surface area (Å²) in [5.74, 6) is 0. The number of benzene rings is 1. The van der Waals surface area contributed by atoms with Crippen LogP contribution in [0.4, 0.5) is 5.69 Å². The SMILES string of the molecule is c1ccc(N2CCC(NCCCOC3CCCCC3)C2)cc1. The van der Waals surface area contributed by atoms with Gasteiger partial charge in [-0.25, -0.2) is 0 Å². The number of ether oxygens (including phenoxy) is 1. The van der Waals surface area contributed by atoms with Crippen molar-refractivity contribution in [2.45, 2.75) is 57.1 Å². The van der Waals surface area contributed by atoms with Gasteiger partial charge in [-0.05, 0) is 44.4 Å². The Bertz CT molecular complexity index is 417. The Balaban J connectivity index is 1.27. The van der Waals surface area contributed by atoms with Crippen LogP contribution >= 0.6 is 0 Å². The van der Waals surface area contributed by atoms with E-state index in [9.17, 15) is 0 Å². The Morgan fingerprint density at radius 1 is 1.05 bits per heavy atom. The Morgan fingerprint density at radius 3 is 2.68 bits per heavy atom. The van der Waals surface area contributed by atoms with Gasteiger partial charge in [-0.1, -0.05) is 37.5 Å². The van der Waals surface area contributed by atoms with Crippen molar-refractivity contribution in [3.05, 3.63) is 30.3 Å². The zero-order valence-corrected chi connectivity index (χ0v) is 13.7. The van der Waals surface area contributed by atoms with Crippen LogP contribution in [0.1, 0.15) is 44.9 Å². The lowest BCUT2D eigenvalue weighted by atomic mass is 9.98. The van der Waals surface area contributed by atoms with Gasteiger partial charge < -0.3 is 15.0 Å². The van der Waals surface area contributed by atoms with Crippen LogP contribution in [0, 0.1) is 0 Å². The van der Waals surface area contributed by atoms with E-state index in [0.717, 1.165) is 26.1 Å². The lowest BCUT2D eigenvalue weighted by molar-refractivity contribution is 0.0271. The number of para-hydroxylation sites is 1. The summed E-state index contributed by atoms with van der Waals surface area (Å²) in [6.45, 7) is 4.31. The summed E-state index contributed by atoms with van der Waals surface area (Å²) >= 11 is 0. The molecule has 3 nitrogen and oxygen atoms in total. The topological polar surface area (TPSA) is 24.5 Å². The van der Waals surface area contributed by atoms with Crippen molar-refractivity contribution in [2.24, 2.45) is 0 Å². The van der Waals surface area contributed by atoms with Crippen LogP contribution in [0.2, 0.25) is 0 Å². The highest BCUT2D eigenvalue weighted by atomic mass is 16.5. The minimum atomic E-state index is 0.550. The molecule has 122 valence electrons. The van der Waals surface area contributed by atoms with Gasteiger partial charge in [0.25, 0.3) is 0 Å². The van der Waals surface area contributed by atoms with Crippen LogP contribution in [-0.4, -0.2) is 38.4 Å². The van der Waals surface area contributed by atoms with Gasteiger partial charge in [0.1, 0.15) is 0 Å². The zero-order valence-electron chi connectivity index (χ0n) is 13.7. The van der Waals surface area contributed by atoms with Gasteiger partial charge in [-0.2, -0.15) is 0 Å². The van der Waals surface area contributed by atoms with E-state index in [4.69, 9.17) is 4.74 Å². The number of nitrogens with one attached hydrogen (secondary N) is 1.